The van der Waals surface area contributed by atoms with Crippen molar-refractivity contribution in [1.29, 1.82) is 0 Å². The minimum atomic E-state index is 0.789. The maximum Gasteiger partial charge on any atom is 0.0625 e. The van der Waals surface area contributed by atoms with Gasteiger partial charge in [-0.25, -0.2) is 0 Å². The van der Waals surface area contributed by atoms with E-state index in [1.165, 1.54) is 27.9 Å². The van der Waals surface area contributed by atoms with Gasteiger partial charge >= 0.3 is 0 Å². The van der Waals surface area contributed by atoms with E-state index in [1.54, 1.807) is 0 Å². The van der Waals surface area contributed by atoms with E-state index in [2.05, 4.69) is 59.1 Å². The number of piperazine rings is 1. The van der Waals surface area contributed by atoms with E-state index in [0.717, 1.165) is 36.7 Å². The summed E-state index contributed by atoms with van der Waals surface area (Å²) in [7, 11) is 0. The van der Waals surface area contributed by atoms with Crippen LogP contribution in [0.4, 0.5) is 11.4 Å². The predicted octanol–water partition coefficient (Wildman–Crippen LogP) is 4.76. The molecule has 2 heterocycles. The molecule has 0 spiro atoms. The molecule has 3 aromatic rings. The lowest BCUT2D eigenvalue weighted by atomic mass is 10.1. The number of anilines is 2. The lowest BCUT2D eigenvalue weighted by molar-refractivity contribution is 0.653. The molecule has 2 aromatic carbocycles. The number of H-pyrrole nitrogens is 1. The van der Waals surface area contributed by atoms with Gasteiger partial charge in [-0.05, 0) is 49.2 Å². The molecule has 24 heavy (non-hydrogen) atoms. The number of fused-ring (bicyclic) bond motifs is 1. The minimum Gasteiger partial charge on any atom is -0.368 e. The van der Waals surface area contributed by atoms with E-state index < -0.39 is 0 Å². The summed E-state index contributed by atoms with van der Waals surface area (Å²) in [6.07, 6.45) is 2.11. The third-order valence-corrected chi connectivity index (χ3v) is 5.39. The lowest BCUT2D eigenvalue weighted by Crippen LogP contribution is -2.46. The Balaban J connectivity index is 1.55. The fourth-order valence-corrected chi connectivity index (χ4v) is 3.78. The van der Waals surface area contributed by atoms with Crippen LogP contribution in [0.2, 0.25) is 5.02 Å². The molecule has 4 heteroatoms. The van der Waals surface area contributed by atoms with Crippen molar-refractivity contribution in [2.24, 2.45) is 0 Å². The van der Waals surface area contributed by atoms with Gasteiger partial charge < -0.3 is 14.8 Å². The Morgan fingerprint density at radius 3 is 2.38 bits per heavy atom. The van der Waals surface area contributed by atoms with Gasteiger partial charge in [-0.1, -0.05) is 23.7 Å². The van der Waals surface area contributed by atoms with Gasteiger partial charge in [-0.2, -0.15) is 0 Å². The molecule has 0 bridgehead atoms. The summed E-state index contributed by atoms with van der Waals surface area (Å²) in [4.78, 5) is 8.31. The largest absolute Gasteiger partial charge is 0.368 e. The number of halogens is 1. The molecule has 1 aliphatic heterocycles. The summed E-state index contributed by atoms with van der Waals surface area (Å²) in [5.74, 6) is 0. The van der Waals surface area contributed by atoms with Crippen LogP contribution in [0.3, 0.4) is 0 Å². The lowest BCUT2D eigenvalue weighted by Gasteiger charge is -2.38. The Hall–Kier alpha value is -2.13. The van der Waals surface area contributed by atoms with Crippen LogP contribution in [0.15, 0.2) is 42.6 Å². The van der Waals surface area contributed by atoms with E-state index in [9.17, 15) is 0 Å². The molecule has 124 valence electrons. The third-order valence-electron chi connectivity index (χ3n) is 5.16. The Morgan fingerprint density at radius 2 is 1.62 bits per heavy atom. The molecule has 4 rings (SSSR count). The Labute approximate surface area is 147 Å². The number of benzene rings is 2. The second kappa shape index (κ2) is 6.06. The second-order valence-electron chi connectivity index (χ2n) is 6.56. The number of aromatic nitrogens is 1. The Kier molecular flexibility index (Phi) is 3.89. The molecule has 1 aromatic heterocycles. The molecule has 1 aliphatic rings. The molecule has 0 aliphatic carbocycles. The maximum atomic E-state index is 6.18. The quantitative estimate of drug-likeness (QED) is 0.727. The molecule has 1 N–H and O–H groups in total. The second-order valence-corrected chi connectivity index (χ2v) is 6.99. The van der Waals surface area contributed by atoms with Crippen LogP contribution in [0, 0.1) is 13.8 Å². The minimum absolute atomic E-state index is 0.789. The van der Waals surface area contributed by atoms with Crippen LogP contribution >= 0.6 is 11.6 Å². The number of aryl methyl sites for hydroxylation is 1. The van der Waals surface area contributed by atoms with Crippen LogP contribution in [0.25, 0.3) is 10.9 Å². The average molecular weight is 340 g/mol. The molecule has 0 atom stereocenters. The number of nitrogens with one attached hydrogen (secondary N) is 1. The highest BCUT2D eigenvalue weighted by Gasteiger charge is 2.21. The first-order valence-corrected chi connectivity index (χ1v) is 8.84. The third kappa shape index (κ3) is 2.63. The first-order valence-electron chi connectivity index (χ1n) is 8.46. The number of hydrogen-bond acceptors (Lipinski definition) is 2. The standard InChI is InChI=1S/C20H22ClN3/c1-14-4-3-5-19(15(14)2)23-8-10-24(11-9-23)20-13-22-18-7-6-16(21)12-17(18)20/h3-7,12-13,22H,8-11H2,1-2H3. The predicted molar refractivity (Wildman–Crippen MR) is 104 cm³/mol. The van der Waals surface area contributed by atoms with Crippen LogP contribution in [0.5, 0.6) is 0 Å². The Bertz CT molecular complexity index is 876. The summed E-state index contributed by atoms with van der Waals surface area (Å²) in [6.45, 7) is 8.53. The number of rotatable bonds is 2. The highest BCUT2D eigenvalue weighted by Crippen LogP contribution is 2.31. The molecule has 0 amide bonds. The number of nitrogens with zero attached hydrogens (tertiary/aromatic N) is 2. The van der Waals surface area contributed by atoms with Crippen LogP contribution in [-0.2, 0) is 0 Å². The normalized spacial score (nSPS) is 15.3. The number of hydrogen-bond donors (Lipinski definition) is 1. The zero-order valence-electron chi connectivity index (χ0n) is 14.1. The van der Waals surface area contributed by atoms with E-state index in [4.69, 9.17) is 11.6 Å². The molecule has 1 saturated heterocycles. The smallest absolute Gasteiger partial charge is 0.0625 e. The molecule has 0 radical (unpaired) electrons. The Morgan fingerprint density at radius 1 is 0.917 bits per heavy atom. The first-order chi connectivity index (χ1) is 11.6. The van der Waals surface area contributed by atoms with Crippen molar-refractivity contribution >= 4 is 33.9 Å². The van der Waals surface area contributed by atoms with Crippen LogP contribution in [-0.4, -0.2) is 31.2 Å². The van der Waals surface area contributed by atoms with E-state index >= 15 is 0 Å². The van der Waals surface area contributed by atoms with E-state index in [1.807, 2.05) is 12.1 Å². The van der Waals surface area contributed by atoms with Gasteiger partial charge in [0, 0.05) is 54.0 Å². The van der Waals surface area contributed by atoms with Gasteiger partial charge in [0.2, 0.25) is 0 Å². The van der Waals surface area contributed by atoms with Crippen molar-refractivity contribution in [3.8, 4) is 0 Å². The fraction of sp³-hybridized carbons (Fsp3) is 0.300. The van der Waals surface area contributed by atoms with Gasteiger partial charge in [0.05, 0.1) is 5.69 Å². The van der Waals surface area contributed by atoms with Crippen molar-refractivity contribution in [3.05, 3.63) is 58.7 Å². The molecular formula is C20H22ClN3. The number of aromatic amines is 1. The molecule has 0 saturated carbocycles. The van der Waals surface area contributed by atoms with Crippen LogP contribution < -0.4 is 9.80 Å². The molecule has 0 unspecified atom stereocenters. The van der Waals surface area contributed by atoms with Crippen molar-refractivity contribution in [1.82, 2.24) is 4.98 Å². The topological polar surface area (TPSA) is 22.3 Å². The van der Waals surface area contributed by atoms with Crippen molar-refractivity contribution in [2.45, 2.75) is 13.8 Å². The average Bonchev–Trinajstić information content (AvgIpc) is 3.00. The molecule has 1 fully saturated rings. The van der Waals surface area contributed by atoms with Crippen molar-refractivity contribution < 1.29 is 0 Å². The van der Waals surface area contributed by atoms with E-state index in [-0.39, 0.29) is 0 Å². The zero-order valence-corrected chi connectivity index (χ0v) is 14.9. The van der Waals surface area contributed by atoms with Gasteiger partial charge in [-0.15, -0.1) is 0 Å². The monoisotopic (exact) mass is 339 g/mol. The molecule has 3 nitrogen and oxygen atoms in total. The molecular weight excluding hydrogens is 318 g/mol. The summed E-state index contributed by atoms with van der Waals surface area (Å²) >= 11 is 6.18. The summed E-state index contributed by atoms with van der Waals surface area (Å²) in [5, 5.41) is 2.00. The van der Waals surface area contributed by atoms with Gasteiger partial charge in [0.15, 0.2) is 0 Å². The fourth-order valence-electron chi connectivity index (χ4n) is 3.61. The van der Waals surface area contributed by atoms with E-state index in [0.29, 0.717) is 0 Å². The first kappa shape index (κ1) is 15.4. The summed E-state index contributed by atoms with van der Waals surface area (Å²) in [6, 6.07) is 12.6. The SMILES string of the molecule is Cc1cccc(N2CCN(c3c[nH]c4ccc(Cl)cc34)CC2)c1C. The zero-order chi connectivity index (χ0) is 16.7. The van der Waals surface area contributed by atoms with Crippen LogP contribution in [0.1, 0.15) is 11.1 Å². The highest BCUT2D eigenvalue weighted by atomic mass is 35.5. The van der Waals surface area contributed by atoms with Gasteiger partial charge in [0.1, 0.15) is 0 Å². The van der Waals surface area contributed by atoms with Crippen molar-refractivity contribution in [3.63, 3.8) is 0 Å². The summed E-state index contributed by atoms with van der Waals surface area (Å²) in [5.41, 5.74) is 6.53. The highest BCUT2D eigenvalue weighted by molar-refractivity contribution is 6.31. The summed E-state index contributed by atoms with van der Waals surface area (Å²) < 4.78 is 0. The maximum absolute atomic E-state index is 6.18. The van der Waals surface area contributed by atoms with Gasteiger partial charge in [0.25, 0.3) is 0 Å². The van der Waals surface area contributed by atoms with Gasteiger partial charge in [-0.3, -0.25) is 0 Å². The van der Waals surface area contributed by atoms with Crippen molar-refractivity contribution in [2.75, 3.05) is 36.0 Å².